The van der Waals surface area contributed by atoms with Gasteiger partial charge in [0.2, 0.25) is 0 Å². The number of halogens is 1. The minimum Gasteiger partial charge on any atom is -0.381 e. The van der Waals surface area contributed by atoms with E-state index in [1.54, 1.807) is 0 Å². The summed E-state index contributed by atoms with van der Waals surface area (Å²) in [6.45, 7) is 9.55. The zero-order chi connectivity index (χ0) is 19.5. The van der Waals surface area contributed by atoms with Crippen molar-refractivity contribution in [3.63, 3.8) is 0 Å². The van der Waals surface area contributed by atoms with Crippen molar-refractivity contribution >= 4 is 21.9 Å². The van der Waals surface area contributed by atoms with Gasteiger partial charge in [0.25, 0.3) is 0 Å². The molecule has 0 aliphatic carbocycles. The fraction of sp³-hybridized carbons (Fsp3) is 0.667. The molecule has 0 unspecified atom stereocenters. The molecule has 2 rings (SSSR count). The van der Waals surface area contributed by atoms with Gasteiger partial charge in [-0.2, -0.15) is 0 Å². The van der Waals surface area contributed by atoms with Crippen LogP contribution in [0.2, 0.25) is 0 Å². The SMILES string of the molecule is CN=C(NCCCOCC1CCOCC1)NCC(C)(C)c1ccc(Br)cc1. The lowest BCUT2D eigenvalue weighted by molar-refractivity contribution is 0.0203. The Hall–Kier alpha value is -1.11. The molecule has 5 nitrogen and oxygen atoms in total. The smallest absolute Gasteiger partial charge is 0.191 e. The molecular weight excluding hydrogens is 406 g/mol. The van der Waals surface area contributed by atoms with Gasteiger partial charge in [-0.1, -0.05) is 41.9 Å². The van der Waals surface area contributed by atoms with Crippen LogP contribution in [0.1, 0.15) is 38.7 Å². The molecule has 0 saturated carbocycles. The second kappa shape index (κ2) is 11.7. The molecule has 1 heterocycles. The largest absolute Gasteiger partial charge is 0.381 e. The first-order valence-electron chi connectivity index (χ1n) is 9.87. The first-order valence-corrected chi connectivity index (χ1v) is 10.7. The van der Waals surface area contributed by atoms with Gasteiger partial charge in [-0.3, -0.25) is 4.99 Å². The van der Waals surface area contributed by atoms with Crippen molar-refractivity contribution in [1.82, 2.24) is 10.6 Å². The van der Waals surface area contributed by atoms with Crippen molar-refractivity contribution in [1.29, 1.82) is 0 Å². The highest BCUT2D eigenvalue weighted by atomic mass is 79.9. The lowest BCUT2D eigenvalue weighted by Crippen LogP contribution is -2.43. The number of benzene rings is 1. The summed E-state index contributed by atoms with van der Waals surface area (Å²) in [6.07, 6.45) is 3.23. The van der Waals surface area contributed by atoms with Gasteiger partial charge in [0.15, 0.2) is 5.96 Å². The number of hydrogen-bond donors (Lipinski definition) is 2. The van der Waals surface area contributed by atoms with E-state index < -0.39 is 0 Å². The molecule has 6 heteroatoms. The summed E-state index contributed by atoms with van der Waals surface area (Å²) in [5, 5.41) is 6.81. The fourth-order valence-electron chi connectivity index (χ4n) is 3.07. The zero-order valence-electron chi connectivity index (χ0n) is 16.9. The topological polar surface area (TPSA) is 54.9 Å². The highest BCUT2D eigenvalue weighted by Gasteiger charge is 2.20. The summed E-state index contributed by atoms with van der Waals surface area (Å²) in [7, 11) is 1.81. The fourth-order valence-corrected chi connectivity index (χ4v) is 3.34. The molecule has 0 spiro atoms. The highest BCUT2D eigenvalue weighted by molar-refractivity contribution is 9.10. The molecule has 1 fully saturated rings. The number of nitrogens with zero attached hydrogens (tertiary/aromatic N) is 1. The maximum Gasteiger partial charge on any atom is 0.191 e. The van der Waals surface area contributed by atoms with Crippen molar-refractivity contribution in [2.45, 2.75) is 38.5 Å². The van der Waals surface area contributed by atoms with Crippen LogP contribution in [0.15, 0.2) is 33.7 Å². The molecule has 0 bridgehead atoms. The van der Waals surface area contributed by atoms with Crippen LogP contribution in [0.4, 0.5) is 0 Å². The third kappa shape index (κ3) is 8.20. The van der Waals surface area contributed by atoms with E-state index in [1.165, 1.54) is 5.56 Å². The van der Waals surface area contributed by atoms with Crippen LogP contribution < -0.4 is 10.6 Å². The van der Waals surface area contributed by atoms with E-state index in [0.717, 1.165) is 69.2 Å². The number of ether oxygens (including phenoxy) is 2. The molecule has 0 amide bonds. The third-order valence-corrected chi connectivity index (χ3v) is 5.53. The Labute approximate surface area is 172 Å². The Morgan fingerprint density at radius 3 is 2.59 bits per heavy atom. The molecule has 1 aromatic carbocycles. The van der Waals surface area contributed by atoms with Gasteiger partial charge in [-0.25, -0.2) is 0 Å². The van der Waals surface area contributed by atoms with Crippen LogP contribution in [-0.2, 0) is 14.9 Å². The normalized spacial score (nSPS) is 16.4. The summed E-state index contributed by atoms with van der Waals surface area (Å²) < 4.78 is 12.3. The van der Waals surface area contributed by atoms with E-state index in [4.69, 9.17) is 9.47 Å². The second-order valence-electron chi connectivity index (χ2n) is 7.73. The molecule has 0 aromatic heterocycles. The van der Waals surface area contributed by atoms with Gasteiger partial charge in [0.05, 0.1) is 0 Å². The number of hydrogen-bond acceptors (Lipinski definition) is 3. The molecule has 152 valence electrons. The van der Waals surface area contributed by atoms with E-state index in [9.17, 15) is 0 Å². The molecule has 0 atom stereocenters. The van der Waals surface area contributed by atoms with E-state index in [-0.39, 0.29) is 5.41 Å². The average molecular weight is 440 g/mol. The molecule has 0 radical (unpaired) electrons. The van der Waals surface area contributed by atoms with Crippen molar-refractivity contribution in [2.75, 3.05) is 46.6 Å². The zero-order valence-corrected chi connectivity index (χ0v) is 18.5. The average Bonchev–Trinajstić information content (AvgIpc) is 2.68. The van der Waals surface area contributed by atoms with Crippen LogP contribution in [0.3, 0.4) is 0 Å². The van der Waals surface area contributed by atoms with E-state index in [0.29, 0.717) is 5.92 Å². The summed E-state index contributed by atoms with van der Waals surface area (Å²) in [5.74, 6) is 1.51. The molecule has 1 saturated heterocycles. The van der Waals surface area contributed by atoms with Crippen molar-refractivity contribution in [3.8, 4) is 0 Å². The van der Waals surface area contributed by atoms with E-state index >= 15 is 0 Å². The van der Waals surface area contributed by atoms with Gasteiger partial charge >= 0.3 is 0 Å². The standard InChI is InChI=1S/C21H34BrN3O2/c1-21(2,18-5-7-19(22)8-6-18)16-25-20(23-3)24-11-4-12-27-15-17-9-13-26-14-10-17/h5-8,17H,4,9-16H2,1-3H3,(H2,23,24,25). The van der Waals surface area contributed by atoms with Crippen LogP contribution in [0.25, 0.3) is 0 Å². The number of guanidine groups is 1. The van der Waals surface area contributed by atoms with Crippen LogP contribution in [0.5, 0.6) is 0 Å². The molecule has 2 N–H and O–H groups in total. The van der Waals surface area contributed by atoms with Crippen LogP contribution in [0, 0.1) is 5.92 Å². The maximum atomic E-state index is 5.81. The summed E-state index contributed by atoms with van der Waals surface area (Å²) in [4.78, 5) is 4.32. The molecule has 1 aliphatic heterocycles. The van der Waals surface area contributed by atoms with Crippen LogP contribution in [-0.4, -0.2) is 52.5 Å². The lowest BCUT2D eigenvalue weighted by atomic mass is 9.85. The van der Waals surface area contributed by atoms with Crippen molar-refractivity contribution < 1.29 is 9.47 Å². The van der Waals surface area contributed by atoms with Gasteiger partial charge in [0.1, 0.15) is 0 Å². The van der Waals surface area contributed by atoms with Gasteiger partial charge in [-0.05, 0) is 42.9 Å². The number of aliphatic imine (C=N–C) groups is 1. The molecule has 1 aliphatic rings. The quantitative estimate of drug-likeness (QED) is 0.349. The van der Waals surface area contributed by atoms with Gasteiger partial charge < -0.3 is 20.1 Å². The monoisotopic (exact) mass is 439 g/mol. The first-order chi connectivity index (χ1) is 13.0. The Bertz CT molecular complexity index is 569. The Morgan fingerprint density at radius 1 is 1.22 bits per heavy atom. The second-order valence-corrected chi connectivity index (χ2v) is 8.64. The van der Waals surface area contributed by atoms with Crippen molar-refractivity contribution in [3.05, 3.63) is 34.3 Å². The summed E-state index contributed by atoms with van der Waals surface area (Å²) in [6, 6.07) is 8.50. The number of rotatable bonds is 9. The minimum absolute atomic E-state index is 0.0190. The third-order valence-electron chi connectivity index (χ3n) is 5.00. The van der Waals surface area contributed by atoms with Crippen molar-refractivity contribution in [2.24, 2.45) is 10.9 Å². The van der Waals surface area contributed by atoms with E-state index in [1.807, 2.05) is 7.05 Å². The minimum atomic E-state index is 0.0190. The maximum absolute atomic E-state index is 5.81. The summed E-state index contributed by atoms with van der Waals surface area (Å²) >= 11 is 3.49. The van der Waals surface area contributed by atoms with E-state index in [2.05, 4.69) is 69.7 Å². The summed E-state index contributed by atoms with van der Waals surface area (Å²) in [5.41, 5.74) is 1.32. The lowest BCUT2D eigenvalue weighted by Gasteiger charge is -2.27. The van der Waals surface area contributed by atoms with Crippen LogP contribution >= 0.6 is 15.9 Å². The van der Waals surface area contributed by atoms with Gasteiger partial charge in [0, 0.05) is 56.5 Å². The predicted molar refractivity (Wildman–Crippen MR) is 116 cm³/mol. The number of nitrogens with one attached hydrogen (secondary N) is 2. The molecular formula is C21H34BrN3O2. The highest BCUT2D eigenvalue weighted by Crippen LogP contribution is 2.24. The molecule has 1 aromatic rings. The Kier molecular flexibility index (Phi) is 9.59. The first kappa shape index (κ1) is 22.2. The van der Waals surface area contributed by atoms with Gasteiger partial charge in [-0.15, -0.1) is 0 Å². The predicted octanol–water partition coefficient (Wildman–Crippen LogP) is 3.73. The Morgan fingerprint density at radius 2 is 1.93 bits per heavy atom. The molecule has 27 heavy (non-hydrogen) atoms. The Balaban J connectivity index is 1.61.